The van der Waals surface area contributed by atoms with Crippen LogP contribution in [-0.2, 0) is 5.41 Å². The molecule has 2 N–H and O–H groups in total. The molecule has 0 aliphatic carbocycles. The molecule has 2 rings (SSSR count). The Morgan fingerprint density at radius 2 is 2.07 bits per heavy atom. The van der Waals surface area contributed by atoms with Crippen molar-refractivity contribution in [3.8, 4) is 0 Å². The number of pyridine rings is 1. The number of nitrogens with two attached hydrogens (primary N) is 1. The lowest BCUT2D eigenvalue weighted by atomic mass is 9.96. The number of nitrogen functional groups attached to an aromatic ring is 1. The van der Waals surface area contributed by atoms with Crippen LogP contribution >= 0.6 is 15.9 Å². The summed E-state index contributed by atoms with van der Waals surface area (Å²) in [7, 11) is 0. The summed E-state index contributed by atoms with van der Waals surface area (Å²) in [6.07, 6.45) is 1.99. The molecule has 0 unspecified atom stereocenters. The van der Waals surface area contributed by atoms with Gasteiger partial charge in [0.1, 0.15) is 11.6 Å². The van der Waals surface area contributed by atoms with E-state index in [1.165, 1.54) is 0 Å². The Balaban J connectivity index is 2.79. The van der Waals surface area contributed by atoms with Gasteiger partial charge in [-0.25, -0.2) is 4.98 Å². The van der Waals surface area contributed by atoms with Gasteiger partial charge >= 0.3 is 0 Å². The lowest BCUT2D eigenvalue weighted by Crippen LogP contribution is -2.15. The highest BCUT2D eigenvalue weighted by molar-refractivity contribution is 9.10. The van der Waals surface area contributed by atoms with E-state index in [2.05, 4.69) is 41.7 Å². The Labute approximate surface area is 97.4 Å². The molecule has 2 aromatic rings. The van der Waals surface area contributed by atoms with Gasteiger partial charge in [0.25, 0.3) is 0 Å². The second-order valence-corrected chi connectivity index (χ2v) is 5.59. The maximum Gasteiger partial charge on any atom is 0.149 e. The van der Waals surface area contributed by atoms with E-state index in [1.54, 1.807) is 0 Å². The van der Waals surface area contributed by atoms with Crippen molar-refractivity contribution in [3.63, 3.8) is 0 Å². The number of aromatic nitrogens is 2. The number of hydrogen-bond donors (Lipinski definition) is 1. The van der Waals surface area contributed by atoms with Crippen molar-refractivity contribution in [2.45, 2.75) is 26.2 Å². The smallest absolute Gasteiger partial charge is 0.149 e. The van der Waals surface area contributed by atoms with Crippen LogP contribution in [0.5, 0.6) is 0 Å². The van der Waals surface area contributed by atoms with E-state index in [9.17, 15) is 0 Å². The summed E-state index contributed by atoms with van der Waals surface area (Å²) in [5, 5.41) is 0. The van der Waals surface area contributed by atoms with Crippen molar-refractivity contribution in [2.24, 2.45) is 0 Å². The van der Waals surface area contributed by atoms with Crippen LogP contribution in [0.2, 0.25) is 0 Å². The molecular weight excluding hydrogens is 254 g/mol. The fraction of sp³-hybridized carbons (Fsp3) is 0.364. The Kier molecular flexibility index (Phi) is 2.26. The van der Waals surface area contributed by atoms with E-state index < -0.39 is 0 Å². The van der Waals surface area contributed by atoms with E-state index in [1.807, 2.05) is 22.7 Å². The van der Waals surface area contributed by atoms with Crippen molar-refractivity contribution >= 4 is 27.3 Å². The first-order valence-electron chi connectivity index (χ1n) is 4.83. The minimum absolute atomic E-state index is 0.00559. The van der Waals surface area contributed by atoms with Crippen molar-refractivity contribution in [3.05, 3.63) is 28.6 Å². The quantitative estimate of drug-likeness (QED) is 0.798. The SMILES string of the molecule is CC(C)(C)c1nc(N)c2cc(Br)ccn12. The standard InChI is InChI=1S/C11H14BrN3/c1-11(2,3)10-14-9(13)8-6-7(12)4-5-15(8)10/h4-6H,13H2,1-3H3. The van der Waals surface area contributed by atoms with Gasteiger partial charge in [0.05, 0.1) is 5.52 Å². The maximum absolute atomic E-state index is 5.89. The molecule has 0 bridgehead atoms. The van der Waals surface area contributed by atoms with Crippen LogP contribution < -0.4 is 5.73 Å². The van der Waals surface area contributed by atoms with Crippen molar-refractivity contribution in [2.75, 3.05) is 5.73 Å². The van der Waals surface area contributed by atoms with Gasteiger partial charge in [-0.2, -0.15) is 0 Å². The zero-order valence-corrected chi connectivity index (χ0v) is 10.7. The highest BCUT2D eigenvalue weighted by Gasteiger charge is 2.21. The summed E-state index contributed by atoms with van der Waals surface area (Å²) in [5.74, 6) is 1.57. The van der Waals surface area contributed by atoms with Gasteiger partial charge in [0.2, 0.25) is 0 Å². The van der Waals surface area contributed by atoms with Crippen LogP contribution in [0.1, 0.15) is 26.6 Å². The molecule has 4 heteroatoms. The maximum atomic E-state index is 5.89. The van der Waals surface area contributed by atoms with Gasteiger partial charge in [-0.1, -0.05) is 36.7 Å². The molecule has 0 aromatic carbocycles. The number of imidazole rings is 1. The second kappa shape index (κ2) is 3.23. The molecule has 0 atom stereocenters. The Morgan fingerprint density at radius 3 is 2.67 bits per heavy atom. The predicted octanol–water partition coefficient (Wildman–Crippen LogP) is 2.98. The van der Waals surface area contributed by atoms with Gasteiger partial charge in [-0.3, -0.25) is 0 Å². The number of rotatable bonds is 0. The highest BCUT2D eigenvalue weighted by atomic mass is 79.9. The summed E-state index contributed by atoms with van der Waals surface area (Å²) in [6, 6.07) is 3.97. The lowest BCUT2D eigenvalue weighted by molar-refractivity contribution is 0.543. The molecule has 3 nitrogen and oxygen atoms in total. The molecule has 0 aliphatic rings. The fourth-order valence-corrected chi connectivity index (χ4v) is 1.95. The van der Waals surface area contributed by atoms with Crippen LogP contribution in [0.4, 0.5) is 5.82 Å². The van der Waals surface area contributed by atoms with E-state index in [0.717, 1.165) is 15.8 Å². The zero-order valence-electron chi connectivity index (χ0n) is 9.08. The minimum Gasteiger partial charge on any atom is -0.382 e. The third kappa shape index (κ3) is 1.74. The molecule has 2 heterocycles. The molecule has 80 valence electrons. The average Bonchev–Trinajstić information content (AvgIpc) is 2.43. The summed E-state index contributed by atoms with van der Waals surface area (Å²) in [4.78, 5) is 4.42. The number of anilines is 1. The van der Waals surface area contributed by atoms with Crippen LogP contribution in [0.15, 0.2) is 22.8 Å². The van der Waals surface area contributed by atoms with Crippen molar-refractivity contribution in [1.29, 1.82) is 0 Å². The minimum atomic E-state index is -0.00559. The summed E-state index contributed by atoms with van der Waals surface area (Å²) in [6.45, 7) is 6.38. The average molecular weight is 268 g/mol. The lowest BCUT2D eigenvalue weighted by Gasteiger charge is -2.16. The van der Waals surface area contributed by atoms with E-state index >= 15 is 0 Å². The molecule has 0 saturated heterocycles. The summed E-state index contributed by atoms with van der Waals surface area (Å²) >= 11 is 3.43. The van der Waals surface area contributed by atoms with Crippen LogP contribution in [-0.4, -0.2) is 9.38 Å². The Bertz CT molecular complexity index is 508. The largest absolute Gasteiger partial charge is 0.382 e. The number of hydrogen-bond acceptors (Lipinski definition) is 2. The molecule has 2 aromatic heterocycles. The van der Waals surface area contributed by atoms with Gasteiger partial charge in [0.15, 0.2) is 0 Å². The topological polar surface area (TPSA) is 43.3 Å². The zero-order chi connectivity index (χ0) is 11.2. The molecule has 0 saturated carbocycles. The van der Waals surface area contributed by atoms with Crippen molar-refractivity contribution < 1.29 is 0 Å². The van der Waals surface area contributed by atoms with Gasteiger partial charge in [-0.15, -0.1) is 0 Å². The second-order valence-electron chi connectivity index (χ2n) is 4.67. The van der Waals surface area contributed by atoms with Crippen LogP contribution in [0, 0.1) is 0 Å². The van der Waals surface area contributed by atoms with Crippen LogP contribution in [0.25, 0.3) is 5.52 Å². The first kappa shape index (κ1) is 10.5. The number of halogens is 1. The van der Waals surface area contributed by atoms with Gasteiger partial charge < -0.3 is 10.1 Å². The van der Waals surface area contributed by atoms with E-state index in [4.69, 9.17) is 5.73 Å². The Hall–Kier alpha value is -1.03. The highest BCUT2D eigenvalue weighted by Crippen LogP contribution is 2.27. The first-order valence-corrected chi connectivity index (χ1v) is 5.62. The van der Waals surface area contributed by atoms with E-state index in [0.29, 0.717) is 5.82 Å². The van der Waals surface area contributed by atoms with Gasteiger partial charge in [0, 0.05) is 16.1 Å². The molecular formula is C11H14BrN3. The molecule has 0 spiro atoms. The third-order valence-corrected chi connectivity index (χ3v) is 2.80. The molecule has 0 radical (unpaired) electrons. The predicted molar refractivity (Wildman–Crippen MR) is 66.0 cm³/mol. The molecule has 0 amide bonds. The van der Waals surface area contributed by atoms with Crippen molar-refractivity contribution in [1.82, 2.24) is 9.38 Å². The third-order valence-electron chi connectivity index (χ3n) is 2.30. The number of nitrogens with zero attached hydrogens (tertiary/aromatic N) is 2. The summed E-state index contributed by atoms with van der Waals surface area (Å²) < 4.78 is 3.06. The monoisotopic (exact) mass is 267 g/mol. The molecule has 0 fully saturated rings. The molecule has 0 aliphatic heterocycles. The van der Waals surface area contributed by atoms with E-state index in [-0.39, 0.29) is 5.41 Å². The normalized spacial score (nSPS) is 12.3. The van der Waals surface area contributed by atoms with Crippen LogP contribution in [0.3, 0.4) is 0 Å². The molecule has 15 heavy (non-hydrogen) atoms. The number of fused-ring (bicyclic) bond motifs is 1. The van der Waals surface area contributed by atoms with Gasteiger partial charge in [-0.05, 0) is 12.1 Å². The first-order chi connectivity index (χ1) is 6.89. The summed E-state index contributed by atoms with van der Waals surface area (Å²) in [5.41, 5.74) is 6.84. The fourth-order valence-electron chi connectivity index (χ4n) is 1.61. The Morgan fingerprint density at radius 1 is 1.40 bits per heavy atom.